The van der Waals surface area contributed by atoms with E-state index in [1.54, 1.807) is 30.1 Å². The largest absolute Gasteiger partial charge is 0.409 e. The summed E-state index contributed by atoms with van der Waals surface area (Å²) in [6.07, 6.45) is 0.822. The molecule has 0 aliphatic carbocycles. The van der Waals surface area contributed by atoms with Gasteiger partial charge in [-0.3, -0.25) is 4.79 Å². The van der Waals surface area contributed by atoms with Gasteiger partial charge in [0.15, 0.2) is 5.84 Å². The molecular formula is C15H17N3O2S. The molecule has 0 radical (unpaired) electrons. The lowest BCUT2D eigenvalue weighted by Gasteiger charge is -2.18. The molecule has 0 fully saturated rings. The molecule has 0 unspecified atom stereocenters. The lowest BCUT2D eigenvalue weighted by molar-refractivity contribution is 0.0996. The van der Waals surface area contributed by atoms with E-state index in [9.17, 15) is 4.79 Å². The molecule has 0 aliphatic heterocycles. The molecule has 1 amide bonds. The first-order valence-electron chi connectivity index (χ1n) is 6.50. The Balaban J connectivity index is 2.32. The molecule has 0 saturated carbocycles. The van der Waals surface area contributed by atoms with Gasteiger partial charge in [-0.2, -0.15) is 0 Å². The Labute approximate surface area is 127 Å². The highest BCUT2D eigenvalue weighted by Crippen LogP contribution is 2.23. The summed E-state index contributed by atoms with van der Waals surface area (Å²) < 4.78 is 0. The quantitative estimate of drug-likeness (QED) is 0.394. The standard InChI is InChI=1S/C15H17N3O2S/c1-3-10-7-8-21-13(10)15(19)18(2)12-6-4-5-11(9-12)14(16)17-20/h4-9,20H,3H2,1-2H3,(H2,16,17). The van der Waals surface area contributed by atoms with Crippen LogP contribution in [0.2, 0.25) is 0 Å². The second-order valence-corrected chi connectivity index (χ2v) is 5.44. The fraction of sp³-hybridized carbons (Fsp3) is 0.200. The molecule has 0 bridgehead atoms. The maximum atomic E-state index is 12.6. The fourth-order valence-corrected chi connectivity index (χ4v) is 2.97. The number of amides is 1. The van der Waals surface area contributed by atoms with E-state index in [1.807, 2.05) is 24.4 Å². The summed E-state index contributed by atoms with van der Waals surface area (Å²) in [5, 5.41) is 13.6. The van der Waals surface area contributed by atoms with Crippen molar-refractivity contribution in [3.63, 3.8) is 0 Å². The SMILES string of the molecule is CCc1ccsc1C(=O)N(C)c1cccc(/C(N)=N/O)c1. The number of thiophene rings is 1. The number of carbonyl (C=O) groups is 1. The van der Waals surface area contributed by atoms with Crippen LogP contribution >= 0.6 is 11.3 Å². The molecule has 6 heteroatoms. The Kier molecular flexibility index (Phi) is 4.59. The first-order valence-corrected chi connectivity index (χ1v) is 7.38. The Morgan fingerprint density at radius 2 is 2.19 bits per heavy atom. The van der Waals surface area contributed by atoms with Gasteiger partial charge in [0.2, 0.25) is 0 Å². The van der Waals surface area contributed by atoms with Gasteiger partial charge in [0.05, 0.1) is 4.88 Å². The van der Waals surface area contributed by atoms with Gasteiger partial charge in [-0.1, -0.05) is 24.2 Å². The average molecular weight is 303 g/mol. The number of amidine groups is 1. The van der Waals surface area contributed by atoms with Crippen molar-refractivity contribution in [3.8, 4) is 0 Å². The minimum absolute atomic E-state index is 0.0167. The van der Waals surface area contributed by atoms with Crippen LogP contribution < -0.4 is 10.6 Å². The van der Waals surface area contributed by atoms with Crippen LogP contribution in [0.5, 0.6) is 0 Å². The van der Waals surface area contributed by atoms with Crippen molar-refractivity contribution >= 4 is 28.8 Å². The van der Waals surface area contributed by atoms with Crippen molar-refractivity contribution in [1.82, 2.24) is 0 Å². The summed E-state index contributed by atoms with van der Waals surface area (Å²) in [6, 6.07) is 8.98. The Hall–Kier alpha value is -2.34. The summed E-state index contributed by atoms with van der Waals surface area (Å²) in [7, 11) is 1.72. The van der Waals surface area contributed by atoms with E-state index in [1.165, 1.54) is 11.3 Å². The summed E-state index contributed by atoms with van der Waals surface area (Å²) in [6.45, 7) is 2.03. The molecule has 0 aliphatic rings. The van der Waals surface area contributed by atoms with Gasteiger partial charge >= 0.3 is 0 Å². The van der Waals surface area contributed by atoms with E-state index in [0.717, 1.165) is 16.9 Å². The lowest BCUT2D eigenvalue weighted by atomic mass is 10.1. The van der Waals surface area contributed by atoms with Crippen LogP contribution in [0.4, 0.5) is 5.69 Å². The minimum atomic E-state index is -0.0569. The number of oxime groups is 1. The van der Waals surface area contributed by atoms with E-state index in [2.05, 4.69) is 5.16 Å². The third-order valence-electron chi connectivity index (χ3n) is 3.26. The van der Waals surface area contributed by atoms with Crippen LogP contribution in [0.25, 0.3) is 0 Å². The van der Waals surface area contributed by atoms with E-state index in [-0.39, 0.29) is 11.7 Å². The highest BCUT2D eigenvalue weighted by atomic mass is 32.1. The Morgan fingerprint density at radius 1 is 1.43 bits per heavy atom. The number of benzene rings is 1. The zero-order chi connectivity index (χ0) is 15.4. The first kappa shape index (κ1) is 15.1. The second kappa shape index (κ2) is 6.41. The summed E-state index contributed by atoms with van der Waals surface area (Å²) in [5.74, 6) is -0.0402. The topological polar surface area (TPSA) is 78.9 Å². The first-order chi connectivity index (χ1) is 10.1. The number of hydrogen-bond donors (Lipinski definition) is 2. The van der Waals surface area contributed by atoms with Crippen molar-refractivity contribution in [1.29, 1.82) is 0 Å². The maximum Gasteiger partial charge on any atom is 0.268 e. The van der Waals surface area contributed by atoms with Crippen molar-refractivity contribution in [2.45, 2.75) is 13.3 Å². The molecular weight excluding hydrogens is 286 g/mol. The van der Waals surface area contributed by atoms with Crippen LogP contribution in [0.15, 0.2) is 40.9 Å². The molecule has 3 N–H and O–H groups in total. The summed E-state index contributed by atoms with van der Waals surface area (Å²) in [5.41, 5.74) is 7.88. The third kappa shape index (κ3) is 3.05. The number of carbonyl (C=O) groups excluding carboxylic acids is 1. The van der Waals surface area contributed by atoms with Crippen molar-refractivity contribution in [2.75, 3.05) is 11.9 Å². The highest BCUT2D eigenvalue weighted by Gasteiger charge is 2.18. The fourth-order valence-electron chi connectivity index (χ4n) is 2.00. The van der Waals surface area contributed by atoms with Crippen LogP contribution in [0.1, 0.15) is 27.7 Å². The van der Waals surface area contributed by atoms with E-state index >= 15 is 0 Å². The van der Waals surface area contributed by atoms with E-state index in [4.69, 9.17) is 10.9 Å². The van der Waals surface area contributed by atoms with Crippen LogP contribution in [0, 0.1) is 0 Å². The van der Waals surface area contributed by atoms with Crippen molar-refractivity contribution in [2.24, 2.45) is 10.9 Å². The summed E-state index contributed by atoms with van der Waals surface area (Å²) in [4.78, 5) is 14.9. The molecule has 1 aromatic carbocycles. The average Bonchev–Trinajstić information content (AvgIpc) is 3.01. The minimum Gasteiger partial charge on any atom is -0.409 e. The van der Waals surface area contributed by atoms with Gasteiger partial charge in [-0.25, -0.2) is 0 Å². The van der Waals surface area contributed by atoms with Gasteiger partial charge in [0.1, 0.15) is 0 Å². The zero-order valence-electron chi connectivity index (χ0n) is 11.9. The Morgan fingerprint density at radius 3 is 2.86 bits per heavy atom. The van der Waals surface area contributed by atoms with Crippen LogP contribution in [0.3, 0.4) is 0 Å². The van der Waals surface area contributed by atoms with Crippen molar-refractivity contribution in [3.05, 3.63) is 51.7 Å². The van der Waals surface area contributed by atoms with Gasteiger partial charge in [-0.15, -0.1) is 11.3 Å². The van der Waals surface area contributed by atoms with Crippen LogP contribution in [-0.2, 0) is 6.42 Å². The van der Waals surface area contributed by atoms with E-state index < -0.39 is 0 Å². The maximum absolute atomic E-state index is 12.6. The number of hydrogen-bond acceptors (Lipinski definition) is 4. The Bertz CT molecular complexity index is 679. The molecule has 21 heavy (non-hydrogen) atoms. The monoisotopic (exact) mass is 303 g/mol. The number of rotatable bonds is 4. The predicted octanol–water partition coefficient (Wildman–Crippen LogP) is 2.68. The van der Waals surface area contributed by atoms with Crippen molar-refractivity contribution < 1.29 is 10.0 Å². The molecule has 5 nitrogen and oxygen atoms in total. The molecule has 0 spiro atoms. The van der Waals surface area contributed by atoms with Gasteiger partial charge in [0.25, 0.3) is 5.91 Å². The molecule has 0 atom stereocenters. The van der Waals surface area contributed by atoms with Gasteiger partial charge in [0, 0.05) is 18.3 Å². The summed E-state index contributed by atoms with van der Waals surface area (Å²) >= 11 is 1.44. The van der Waals surface area contributed by atoms with Crippen LogP contribution in [-0.4, -0.2) is 24.0 Å². The lowest BCUT2D eigenvalue weighted by Crippen LogP contribution is -2.26. The third-order valence-corrected chi connectivity index (χ3v) is 4.21. The predicted molar refractivity (Wildman–Crippen MR) is 85.4 cm³/mol. The number of nitrogens with zero attached hydrogens (tertiary/aromatic N) is 2. The molecule has 2 aromatic rings. The molecule has 110 valence electrons. The van der Waals surface area contributed by atoms with Gasteiger partial charge in [-0.05, 0) is 35.6 Å². The van der Waals surface area contributed by atoms with E-state index in [0.29, 0.717) is 11.3 Å². The normalized spacial score (nSPS) is 11.4. The molecule has 1 heterocycles. The molecule has 1 aromatic heterocycles. The zero-order valence-corrected chi connectivity index (χ0v) is 12.7. The smallest absolute Gasteiger partial charge is 0.268 e. The number of aryl methyl sites for hydroxylation is 1. The number of anilines is 1. The number of nitrogens with two attached hydrogens (primary N) is 1. The van der Waals surface area contributed by atoms with Gasteiger partial charge < -0.3 is 15.8 Å². The highest BCUT2D eigenvalue weighted by molar-refractivity contribution is 7.12. The molecule has 2 rings (SSSR count). The second-order valence-electron chi connectivity index (χ2n) is 4.53. The molecule has 0 saturated heterocycles.